The average Bonchev–Trinajstić information content (AvgIpc) is 2.74. The molecule has 3 rings (SSSR count). The van der Waals surface area contributed by atoms with E-state index in [1.807, 2.05) is 12.1 Å². The zero-order chi connectivity index (χ0) is 14.5. The summed E-state index contributed by atoms with van der Waals surface area (Å²) in [5.41, 5.74) is 11.2. The highest BCUT2D eigenvalue weighted by Crippen LogP contribution is 2.41. The standard InChI is InChI=1S/C13H11N.C3H5ClO2.ClH/c14-13-11-7-3-1-5-9(11)10-6-2-4-8-12(10)13;1-6-2-3(4)5;/h1-8,13H,14H2;2H2,1H3;1H. The van der Waals surface area contributed by atoms with Crippen LogP contribution in [0.25, 0.3) is 11.1 Å². The predicted molar refractivity (Wildman–Crippen MR) is 87.9 cm³/mol. The largest absolute Gasteiger partial charge is 0.376 e. The first kappa shape index (κ1) is 17.7. The van der Waals surface area contributed by atoms with E-state index in [0.29, 0.717) is 0 Å². The van der Waals surface area contributed by atoms with Gasteiger partial charge in [-0.3, -0.25) is 4.79 Å². The lowest BCUT2D eigenvalue weighted by Crippen LogP contribution is -2.07. The molecule has 5 heteroatoms. The lowest BCUT2D eigenvalue weighted by atomic mass is 10.1. The van der Waals surface area contributed by atoms with Crippen LogP contribution in [0.5, 0.6) is 0 Å². The predicted octanol–water partition coefficient (Wildman–Crippen LogP) is 3.54. The number of nitrogens with two attached hydrogens (primary N) is 1. The van der Waals surface area contributed by atoms with Gasteiger partial charge in [0.2, 0.25) is 5.24 Å². The van der Waals surface area contributed by atoms with Crippen LogP contribution in [0.3, 0.4) is 0 Å². The summed E-state index contributed by atoms with van der Waals surface area (Å²) >= 11 is 4.81. The molecule has 3 nitrogen and oxygen atoms in total. The van der Waals surface area contributed by atoms with Crippen molar-refractivity contribution in [1.82, 2.24) is 0 Å². The summed E-state index contributed by atoms with van der Waals surface area (Å²) < 4.78 is 4.32. The van der Waals surface area contributed by atoms with Crippen LogP contribution >= 0.6 is 24.0 Å². The SMILES string of the molecule is COCC(=O)Cl.Cl.NC1c2ccccc2-c2ccccc21. The van der Waals surface area contributed by atoms with Crippen molar-refractivity contribution in [3.8, 4) is 11.1 Å². The first-order valence-electron chi connectivity index (χ1n) is 6.26. The maximum absolute atomic E-state index is 9.68. The van der Waals surface area contributed by atoms with Crippen molar-refractivity contribution in [1.29, 1.82) is 0 Å². The molecular formula is C16H17Cl2NO2. The second-order valence-corrected chi connectivity index (χ2v) is 4.86. The molecule has 0 aromatic heterocycles. The molecule has 2 aromatic carbocycles. The van der Waals surface area contributed by atoms with E-state index in [2.05, 4.69) is 41.1 Å². The minimum absolute atomic E-state index is 0. The molecule has 0 unspecified atom stereocenters. The number of benzene rings is 2. The fourth-order valence-electron chi connectivity index (χ4n) is 2.31. The van der Waals surface area contributed by atoms with E-state index in [-0.39, 0.29) is 25.1 Å². The summed E-state index contributed by atoms with van der Waals surface area (Å²) in [6.45, 7) is 0.00154. The Bertz CT molecular complexity index is 571. The number of fused-ring (bicyclic) bond motifs is 3. The summed E-state index contributed by atoms with van der Waals surface area (Å²) in [4.78, 5) is 9.68. The topological polar surface area (TPSA) is 52.3 Å². The van der Waals surface area contributed by atoms with Crippen LogP contribution < -0.4 is 5.73 Å². The number of carbonyl (C=O) groups excluding carboxylic acids is 1. The fourth-order valence-corrected chi connectivity index (χ4v) is 2.42. The molecule has 0 heterocycles. The molecule has 21 heavy (non-hydrogen) atoms. The second kappa shape index (κ2) is 8.15. The maximum Gasteiger partial charge on any atom is 0.247 e. The molecule has 0 atom stereocenters. The van der Waals surface area contributed by atoms with Crippen LogP contribution in [-0.4, -0.2) is 19.0 Å². The molecule has 2 N–H and O–H groups in total. The lowest BCUT2D eigenvalue weighted by molar-refractivity contribution is -0.114. The van der Waals surface area contributed by atoms with E-state index in [0.717, 1.165) is 0 Å². The third-order valence-corrected chi connectivity index (χ3v) is 3.25. The Balaban J connectivity index is 0.000000275. The van der Waals surface area contributed by atoms with Crippen molar-refractivity contribution in [2.45, 2.75) is 6.04 Å². The molecule has 1 aliphatic rings. The molecule has 0 bridgehead atoms. The quantitative estimate of drug-likeness (QED) is 0.859. The van der Waals surface area contributed by atoms with E-state index >= 15 is 0 Å². The van der Waals surface area contributed by atoms with Gasteiger partial charge in [0.1, 0.15) is 6.61 Å². The van der Waals surface area contributed by atoms with Gasteiger partial charge in [0.25, 0.3) is 0 Å². The third-order valence-electron chi connectivity index (χ3n) is 3.14. The van der Waals surface area contributed by atoms with Gasteiger partial charge in [-0.25, -0.2) is 0 Å². The van der Waals surface area contributed by atoms with Gasteiger partial charge in [0.15, 0.2) is 0 Å². The molecule has 0 saturated carbocycles. The lowest BCUT2D eigenvalue weighted by Gasteiger charge is -2.04. The number of hydrogen-bond donors (Lipinski definition) is 1. The number of halogens is 2. The molecule has 1 aliphatic carbocycles. The number of rotatable bonds is 2. The van der Waals surface area contributed by atoms with E-state index in [4.69, 9.17) is 17.3 Å². The summed E-state index contributed by atoms with van der Waals surface area (Å²) in [7, 11) is 1.42. The zero-order valence-electron chi connectivity index (χ0n) is 11.6. The first-order valence-corrected chi connectivity index (χ1v) is 6.64. The normalized spacial score (nSPS) is 11.6. The smallest absolute Gasteiger partial charge is 0.247 e. The Hall–Kier alpha value is -1.39. The van der Waals surface area contributed by atoms with Crippen LogP contribution in [0.2, 0.25) is 0 Å². The van der Waals surface area contributed by atoms with Gasteiger partial charge in [-0.2, -0.15) is 0 Å². The van der Waals surface area contributed by atoms with E-state index in [9.17, 15) is 4.79 Å². The van der Waals surface area contributed by atoms with Gasteiger partial charge in [-0.1, -0.05) is 48.5 Å². The van der Waals surface area contributed by atoms with Crippen molar-refractivity contribution in [3.63, 3.8) is 0 Å². The van der Waals surface area contributed by atoms with Gasteiger partial charge in [0, 0.05) is 7.11 Å². The van der Waals surface area contributed by atoms with E-state index < -0.39 is 5.24 Å². The molecule has 0 saturated heterocycles. The summed E-state index contributed by atoms with van der Waals surface area (Å²) in [6, 6.07) is 16.8. The van der Waals surface area contributed by atoms with Gasteiger partial charge in [-0.15, -0.1) is 12.4 Å². The van der Waals surface area contributed by atoms with Crippen LogP contribution in [0.15, 0.2) is 48.5 Å². The highest BCUT2D eigenvalue weighted by molar-refractivity contribution is 6.63. The number of methoxy groups -OCH3 is 1. The second-order valence-electron chi connectivity index (χ2n) is 4.44. The third kappa shape index (κ3) is 4.05. The van der Waals surface area contributed by atoms with Gasteiger partial charge >= 0.3 is 0 Å². The molecular weight excluding hydrogens is 309 g/mol. The average molecular weight is 326 g/mol. The zero-order valence-corrected chi connectivity index (χ0v) is 13.2. The Morgan fingerprint density at radius 1 is 1.10 bits per heavy atom. The minimum atomic E-state index is -0.461. The van der Waals surface area contributed by atoms with E-state index in [1.54, 1.807) is 0 Å². The molecule has 0 amide bonds. The van der Waals surface area contributed by atoms with Crippen molar-refractivity contribution < 1.29 is 9.53 Å². The number of carbonyl (C=O) groups is 1. The Kier molecular flexibility index (Phi) is 6.85. The monoisotopic (exact) mass is 325 g/mol. The number of ether oxygens (including phenoxy) is 1. The van der Waals surface area contributed by atoms with Crippen LogP contribution in [0, 0.1) is 0 Å². The molecule has 0 fully saturated rings. The summed E-state index contributed by atoms with van der Waals surface area (Å²) in [5, 5.41) is -0.461. The summed E-state index contributed by atoms with van der Waals surface area (Å²) in [6.07, 6.45) is 0. The molecule has 0 radical (unpaired) electrons. The number of hydrogen-bond acceptors (Lipinski definition) is 3. The Morgan fingerprint density at radius 2 is 1.52 bits per heavy atom. The van der Waals surface area contributed by atoms with Gasteiger partial charge < -0.3 is 10.5 Å². The summed E-state index contributed by atoms with van der Waals surface area (Å²) in [5.74, 6) is 0. The molecule has 0 aliphatic heterocycles. The Morgan fingerprint density at radius 3 is 1.86 bits per heavy atom. The van der Waals surface area contributed by atoms with Crippen molar-refractivity contribution in [3.05, 3.63) is 59.7 Å². The van der Waals surface area contributed by atoms with E-state index in [1.165, 1.54) is 29.4 Å². The van der Waals surface area contributed by atoms with Crippen molar-refractivity contribution in [2.75, 3.05) is 13.7 Å². The van der Waals surface area contributed by atoms with Gasteiger partial charge in [-0.05, 0) is 33.9 Å². The fraction of sp³-hybridized carbons (Fsp3) is 0.188. The molecule has 112 valence electrons. The maximum atomic E-state index is 9.68. The Labute approximate surface area is 135 Å². The molecule has 2 aromatic rings. The van der Waals surface area contributed by atoms with Crippen LogP contribution in [0.4, 0.5) is 0 Å². The highest BCUT2D eigenvalue weighted by Gasteiger charge is 2.24. The minimum Gasteiger partial charge on any atom is -0.376 e. The van der Waals surface area contributed by atoms with Crippen LogP contribution in [-0.2, 0) is 9.53 Å². The van der Waals surface area contributed by atoms with Crippen molar-refractivity contribution >= 4 is 29.3 Å². The molecule has 0 spiro atoms. The van der Waals surface area contributed by atoms with Crippen molar-refractivity contribution in [2.24, 2.45) is 5.73 Å². The first-order chi connectivity index (χ1) is 9.65. The van der Waals surface area contributed by atoms with Crippen LogP contribution in [0.1, 0.15) is 17.2 Å². The highest BCUT2D eigenvalue weighted by atomic mass is 35.5. The van der Waals surface area contributed by atoms with Gasteiger partial charge in [0.05, 0.1) is 6.04 Å².